The van der Waals surface area contributed by atoms with Crippen molar-refractivity contribution in [2.24, 2.45) is 5.92 Å². The summed E-state index contributed by atoms with van der Waals surface area (Å²) in [4.78, 5) is 0. The molecule has 0 radical (unpaired) electrons. The first kappa shape index (κ1) is 12.7. The van der Waals surface area contributed by atoms with E-state index < -0.39 is 0 Å². The van der Waals surface area contributed by atoms with E-state index in [0.717, 1.165) is 32.5 Å². The maximum atomic E-state index is 7.46. The minimum absolute atomic E-state index is 0. The fourth-order valence-corrected chi connectivity index (χ4v) is 1.45. The molecule has 13 heavy (non-hydrogen) atoms. The average molecular weight is 208 g/mol. The molecule has 1 rings (SSSR count). The number of nitrogens with one attached hydrogen (secondary N) is 1. The second-order valence-corrected chi connectivity index (χ2v) is 3.12. The molecule has 0 unspecified atom stereocenters. The van der Waals surface area contributed by atoms with Crippen LogP contribution < -0.4 is 0 Å². The van der Waals surface area contributed by atoms with Crippen molar-refractivity contribution in [1.82, 2.24) is 0 Å². The van der Waals surface area contributed by atoms with E-state index in [0.29, 0.717) is 18.4 Å². The minimum Gasteiger partial charge on any atom is -0.481 e. The molecule has 0 spiro atoms. The van der Waals surface area contributed by atoms with E-state index in [1.165, 1.54) is 0 Å². The molecule has 1 saturated heterocycles. The highest BCUT2D eigenvalue weighted by Gasteiger charge is 2.15. The number of hydrogen-bond donors (Lipinski definition) is 1. The van der Waals surface area contributed by atoms with Crippen LogP contribution in [0.25, 0.3) is 0 Å². The average Bonchev–Trinajstić information content (AvgIpc) is 2.06. The summed E-state index contributed by atoms with van der Waals surface area (Å²) in [5.74, 6) is 1.04. The lowest BCUT2D eigenvalue weighted by atomic mass is 9.97. The molecule has 0 aliphatic carbocycles. The van der Waals surface area contributed by atoms with Crippen LogP contribution in [-0.2, 0) is 9.47 Å². The molecule has 1 fully saturated rings. The molecule has 0 saturated carbocycles. The summed E-state index contributed by atoms with van der Waals surface area (Å²) in [5, 5.41) is 7.46. The summed E-state index contributed by atoms with van der Waals surface area (Å²) in [7, 11) is 0. The third kappa shape index (κ3) is 5.11. The number of ether oxygens (including phenoxy) is 2. The summed E-state index contributed by atoms with van der Waals surface area (Å²) < 4.78 is 10.3. The van der Waals surface area contributed by atoms with Crippen molar-refractivity contribution in [3.8, 4) is 0 Å². The zero-order chi connectivity index (χ0) is 8.81. The fraction of sp³-hybridized carbons (Fsp3) is 0.889. The van der Waals surface area contributed by atoms with E-state index in [1.54, 1.807) is 0 Å². The lowest BCUT2D eigenvalue weighted by Crippen LogP contribution is -2.19. The summed E-state index contributed by atoms with van der Waals surface area (Å²) in [6.45, 7) is 4.23. The molecule has 78 valence electrons. The van der Waals surface area contributed by atoms with Crippen LogP contribution in [0.4, 0.5) is 0 Å². The molecule has 1 aliphatic heterocycles. The van der Waals surface area contributed by atoms with E-state index in [9.17, 15) is 0 Å². The summed E-state index contributed by atoms with van der Waals surface area (Å²) in [6, 6.07) is 0. The Balaban J connectivity index is 0.00000144. The SMILES string of the molecule is CCOC(=N)CC1CCOCC1.Cl. The molecule has 1 heterocycles. The van der Waals surface area contributed by atoms with Gasteiger partial charge in [-0.3, -0.25) is 5.41 Å². The van der Waals surface area contributed by atoms with Gasteiger partial charge in [-0.05, 0) is 25.7 Å². The molecule has 0 amide bonds. The van der Waals surface area contributed by atoms with Crippen molar-refractivity contribution >= 4 is 18.3 Å². The Kier molecular flexibility index (Phi) is 7.00. The van der Waals surface area contributed by atoms with Crippen molar-refractivity contribution in [1.29, 1.82) is 5.41 Å². The van der Waals surface area contributed by atoms with Crippen molar-refractivity contribution < 1.29 is 9.47 Å². The van der Waals surface area contributed by atoms with Crippen molar-refractivity contribution in [3.05, 3.63) is 0 Å². The van der Waals surface area contributed by atoms with Gasteiger partial charge in [-0.2, -0.15) is 0 Å². The Bertz CT molecular complexity index is 147. The Hall–Kier alpha value is -0.280. The van der Waals surface area contributed by atoms with Gasteiger partial charge in [0.25, 0.3) is 0 Å². The molecular formula is C9H18ClNO2. The van der Waals surface area contributed by atoms with Gasteiger partial charge in [-0.15, -0.1) is 12.4 Å². The van der Waals surface area contributed by atoms with Crippen molar-refractivity contribution in [3.63, 3.8) is 0 Å². The van der Waals surface area contributed by atoms with Gasteiger partial charge >= 0.3 is 0 Å². The van der Waals surface area contributed by atoms with Crippen LogP contribution in [0.1, 0.15) is 26.2 Å². The van der Waals surface area contributed by atoms with E-state index in [4.69, 9.17) is 14.9 Å². The van der Waals surface area contributed by atoms with Crippen LogP contribution in [0.5, 0.6) is 0 Å². The Morgan fingerprint density at radius 1 is 1.46 bits per heavy atom. The molecule has 1 aliphatic rings. The Morgan fingerprint density at radius 3 is 2.62 bits per heavy atom. The van der Waals surface area contributed by atoms with Crippen LogP contribution in [0.15, 0.2) is 0 Å². The Morgan fingerprint density at radius 2 is 2.08 bits per heavy atom. The number of halogens is 1. The molecule has 3 nitrogen and oxygen atoms in total. The molecule has 0 aromatic rings. The summed E-state index contributed by atoms with van der Waals surface area (Å²) in [5.41, 5.74) is 0. The van der Waals surface area contributed by atoms with Crippen molar-refractivity contribution in [2.45, 2.75) is 26.2 Å². The van der Waals surface area contributed by atoms with Crippen molar-refractivity contribution in [2.75, 3.05) is 19.8 Å². The number of rotatable bonds is 3. The van der Waals surface area contributed by atoms with Crippen LogP contribution in [-0.4, -0.2) is 25.7 Å². The molecule has 0 bridgehead atoms. The van der Waals surface area contributed by atoms with Crippen LogP contribution in [0.3, 0.4) is 0 Å². The van der Waals surface area contributed by atoms with E-state index in [-0.39, 0.29) is 12.4 Å². The van der Waals surface area contributed by atoms with E-state index in [2.05, 4.69) is 0 Å². The maximum Gasteiger partial charge on any atom is 0.180 e. The third-order valence-electron chi connectivity index (χ3n) is 2.13. The van der Waals surface area contributed by atoms with Gasteiger partial charge < -0.3 is 9.47 Å². The lowest BCUT2D eigenvalue weighted by Gasteiger charge is -2.21. The van der Waals surface area contributed by atoms with E-state index in [1.807, 2.05) is 6.92 Å². The van der Waals surface area contributed by atoms with Gasteiger partial charge in [0.1, 0.15) is 0 Å². The quantitative estimate of drug-likeness (QED) is 0.570. The standard InChI is InChI=1S/C9H17NO2.ClH/c1-2-12-9(10)7-8-3-5-11-6-4-8;/h8,10H,2-7H2,1H3;1H. The molecular weight excluding hydrogens is 190 g/mol. The van der Waals surface area contributed by atoms with Crippen LogP contribution in [0.2, 0.25) is 0 Å². The van der Waals surface area contributed by atoms with E-state index >= 15 is 0 Å². The molecule has 1 N–H and O–H groups in total. The zero-order valence-electron chi connectivity index (χ0n) is 8.04. The molecule has 0 aromatic heterocycles. The third-order valence-corrected chi connectivity index (χ3v) is 2.13. The smallest absolute Gasteiger partial charge is 0.180 e. The van der Waals surface area contributed by atoms with Gasteiger partial charge in [0.05, 0.1) is 6.61 Å². The largest absolute Gasteiger partial charge is 0.481 e. The highest BCUT2D eigenvalue weighted by Crippen LogP contribution is 2.18. The Labute approximate surface area is 85.7 Å². The molecule has 0 atom stereocenters. The second-order valence-electron chi connectivity index (χ2n) is 3.12. The molecule has 0 aromatic carbocycles. The van der Waals surface area contributed by atoms with Gasteiger partial charge in [-0.1, -0.05) is 0 Å². The zero-order valence-corrected chi connectivity index (χ0v) is 8.86. The monoisotopic (exact) mass is 207 g/mol. The summed E-state index contributed by atoms with van der Waals surface area (Å²) >= 11 is 0. The summed E-state index contributed by atoms with van der Waals surface area (Å²) in [6.07, 6.45) is 2.95. The highest BCUT2D eigenvalue weighted by molar-refractivity contribution is 5.85. The van der Waals surface area contributed by atoms with Crippen LogP contribution in [0, 0.1) is 11.3 Å². The number of hydrogen-bond acceptors (Lipinski definition) is 3. The lowest BCUT2D eigenvalue weighted by molar-refractivity contribution is 0.0667. The van der Waals surface area contributed by atoms with Gasteiger partial charge in [0.2, 0.25) is 0 Å². The normalized spacial score (nSPS) is 17.6. The maximum absolute atomic E-state index is 7.46. The first-order valence-corrected chi connectivity index (χ1v) is 4.61. The highest BCUT2D eigenvalue weighted by atomic mass is 35.5. The van der Waals surface area contributed by atoms with Gasteiger partial charge in [0.15, 0.2) is 5.90 Å². The first-order valence-electron chi connectivity index (χ1n) is 4.61. The predicted octanol–water partition coefficient (Wildman–Crippen LogP) is 2.24. The topological polar surface area (TPSA) is 42.3 Å². The van der Waals surface area contributed by atoms with Crippen LogP contribution >= 0.6 is 12.4 Å². The minimum atomic E-state index is 0. The molecule has 4 heteroatoms. The van der Waals surface area contributed by atoms with Gasteiger partial charge in [-0.25, -0.2) is 0 Å². The fourth-order valence-electron chi connectivity index (χ4n) is 1.45. The first-order chi connectivity index (χ1) is 5.83. The predicted molar refractivity (Wildman–Crippen MR) is 54.8 cm³/mol. The van der Waals surface area contributed by atoms with Gasteiger partial charge in [0, 0.05) is 19.6 Å². The second kappa shape index (κ2) is 7.15.